The van der Waals surface area contributed by atoms with Gasteiger partial charge in [0.25, 0.3) is 5.91 Å². The molecule has 2 aromatic carbocycles. The maximum atomic E-state index is 12.8. The van der Waals surface area contributed by atoms with Crippen LogP contribution in [0.5, 0.6) is 0 Å². The van der Waals surface area contributed by atoms with Crippen LogP contribution in [0.15, 0.2) is 48.7 Å². The van der Waals surface area contributed by atoms with Crippen LogP contribution in [0.4, 0.5) is 5.69 Å². The van der Waals surface area contributed by atoms with Gasteiger partial charge in [-0.25, -0.2) is 0 Å². The highest BCUT2D eigenvalue weighted by Gasteiger charge is 2.26. The second kappa shape index (κ2) is 7.33. The Hall–Kier alpha value is -3.18. The molecule has 0 atom stereocenters. The van der Waals surface area contributed by atoms with Crippen molar-refractivity contribution in [1.82, 2.24) is 9.88 Å². The first-order valence-electron chi connectivity index (χ1n) is 10.2. The van der Waals surface area contributed by atoms with Gasteiger partial charge in [-0.2, -0.15) is 0 Å². The fourth-order valence-corrected chi connectivity index (χ4v) is 4.29. The number of piperidine rings is 1. The monoisotopic (exact) mass is 385 g/mol. The maximum absolute atomic E-state index is 12.8. The summed E-state index contributed by atoms with van der Waals surface area (Å²) in [5.74, 6) is -0.0218. The van der Waals surface area contributed by atoms with Crippen molar-refractivity contribution in [2.75, 3.05) is 25.0 Å². The Morgan fingerprint density at radius 3 is 2.76 bits per heavy atom. The highest BCUT2D eigenvalue weighted by Crippen LogP contribution is 2.35. The van der Waals surface area contributed by atoms with E-state index >= 15 is 0 Å². The second-order valence-corrected chi connectivity index (χ2v) is 7.82. The number of carbonyl (C=O) groups is 2. The molecule has 3 heterocycles. The van der Waals surface area contributed by atoms with Gasteiger partial charge in [-0.1, -0.05) is 24.6 Å². The van der Waals surface area contributed by atoms with E-state index in [1.807, 2.05) is 54.7 Å². The zero-order chi connectivity index (χ0) is 19.8. The van der Waals surface area contributed by atoms with E-state index in [-0.39, 0.29) is 11.7 Å². The summed E-state index contributed by atoms with van der Waals surface area (Å²) in [6.45, 7) is 2.42. The minimum atomic E-state index is -0.133. The number of Topliss-reactive ketones (excluding diaryl/α,β-unsaturated/α-hetero) is 1. The number of nitrogens with zero attached hydrogens (tertiary/aromatic N) is 1. The standard InChI is InChI=1S/C24H23N3O2/c28-23(15-27-10-4-1-5-11-27)16-8-9-22-19(12-16)20(24(29)26-22)13-17-14-25-21-7-3-2-6-18(17)21/h2-3,6-9,12-14,25H,1,4-5,10-11,15H2,(H,26,29)/b20-13-. The molecule has 0 saturated carbocycles. The molecule has 146 valence electrons. The summed E-state index contributed by atoms with van der Waals surface area (Å²) in [5.41, 5.74) is 4.81. The molecule has 0 aliphatic carbocycles. The highest BCUT2D eigenvalue weighted by molar-refractivity contribution is 6.35. The molecule has 5 nitrogen and oxygen atoms in total. The van der Waals surface area contributed by atoms with E-state index in [1.54, 1.807) is 0 Å². The summed E-state index contributed by atoms with van der Waals surface area (Å²) in [7, 11) is 0. The first kappa shape index (κ1) is 17.9. The van der Waals surface area contributed by atoms with E-state index in [0.717, 1.165) is 53.6 Å². The first-order valence-corrected chi connectivity index (χ1v) is 10.2. The normalized spacial score (nSPS) is 18.2. The predicted octanol–water partition coefficient (Wildman–Crippen LogP) is 4.33. The number of benzene rings is 2. The van der Waals surface area contributed by atoms with E-state index in [4.69, 9.17) is 0 Å². The van der Waals surface area contributed by atoms with Gasteiger partial charge in [0.1, 0.15) is 0 Å². The minimum Gasteiger partial charge on any atom is -0.361 e. The van der Waals surface area contributed by atoms with Crippen LogP contribution in [0.3, 0.4) is 0 Å². The minimum absolute atomic E-state index is 0.112. The van der Waals surface area contributed by atoms with E-state index in [9.17, 15) is 9.59 Å². The van der Waals surface area contributed by atoms with Crippen molar-refractivity contribution < 1.29 is 9.59 Å². The number of rotatable bonds is 4. The molecule has 2 aliphatic heterocycles. The number of carbonyl (C=O) groups excluding carboxylic acids is 2. The topological polar surface area (TPSA) is 65.2 Å². The van der Waals surface area contributed by atoms with Crippen molar-refractivity contribution in [2.45, 2.75) is 19.3 Å². The largest absolute Gasteiger partial charge is 0.361 e. The molecule has 0 unspecified atom stereocenters. The Kier molecular flexibility index (Phi) is 4.52. The number of aromatic amines is 1. The number of hydrogen-bond acceptors (Lipinski definition) is 3. The molecule has 1 saturated heterocycles. The van der Waals surface area contributed by atoms with Crippen LogP contribution in [0, 0.1) is 0 Å². The third-order valence-corrected chi connectivity index (χ3v) is 5.86. The van der Waals surface area contributed by atoms with Gasteiger partial charge in [0.15, 0.2) is 5.78 Å². The van der Waals surface area contributed by atoms with E-state index < -0.39 is 0 Å². The number of aromatic nitrogens is 1. The van der Waals surface area contributed by atoms with Crippen LogP contribution in [-0.4, -0.2) is 41.2 Å². The zero-order valence-electron chi connectivity index (χ0n) is 16.2. The summed E-state index contributed by atoms with van der Waals surface area (Å²) in [4.78, 5) is 30.9. The van der Waals surface area contributed by atoms with Crippen LogP contribution in [0.25, 0.3) is 22.6 Å². The lowest BCUT2D eigenvalue weighted by Crippen LogP contribution is -2.34. The average Bonchev–Trinajstić information content (AvgIpc) is 3.29. The van der Waals surface area contributed by atoms with Crippen LogP contribution in [0.2, 0.25) is 0 Å². The predicted molar refractivity (Wildman–Crippen MR) is 116 cm³/mol. The number of amides is 1. The number of H-pyrrole nitrogens is 1. The third-order valence-electron chi connectivity index (χ3n) is 5.86. The number of anilines is 1. The smallest absolute Gasteiger partial charge is 0.256 e. The van der Waals surface area contributed by atoms with E-state index in [1.165, 1.54) is 6.42 Å². The molecule has 2 aliphatic rings. The van der Waals surface area contributed by atoms with Gasteiger partial charge in [-0.3, -0.25) is 14.5 Å². The van der Waals surface area contributed by atoms with Crippen LogP contribution in [0.1, 0.15) is 40.7 Å². The SMILES string of the molecule is O=C1Nc2ccc(C(=O)CN3CCCCC3)cc2/C1=C/c1c[nH]c2ccccc12. The zero-order valence-corrected chi connectivity index (χ0v) is 16.2. The molecule has 1 amide bonds. The molecule has 0 radical (unpaired) electrons. The van der Waals surface area contributed by atoms with Gasteiger partial charge in [-0.15, -0.1) is 0 Å². The van der Waals surface area contributed by atoms with Crippen LogP contribution < -0.4 is 5.32 Å². The third kappa shape index (κ3) is 3.38. The molecular formula is C24H23N3O2. The highest BCUT2D eigenvalue weighted by atomic mass is 16.2. The summed E-state index contributed by atoms with van der Waals surface area (Å²) in [6, 6.07) is 13.5. The Balaban J connectivity index is 1.47. The van der Waals surface area contributed by atoms with Crippen LogP contribution in [-0.2, 0) is 4.79 Å². The summed E-state index contributed by atoms with van der Waals surface area (Å²) >= 11 is 0. The lowest BCUT2D eigenvalue weighted by Gasteiger charge is -2.25. The lowest BCUT2D eigenvalue weighted by atomic mass is 9.99. The van der Waals surface area contributed by atoms with Gasteiger partial charge < -0.3 is 10.3 Å². The molecular weight excluding hydrogens is 362 g/mol. The van der Waals surface area contributed by atoms with Crippen molar-refractivity contribution in [1.29, 1.82) is 0 Å². The molecule has 2 N–H and O–H groups in total. The Morgan fingerprint density at radius 1 is 1.07 bits per heavy atom. The summed E-state index contributed by atoms with van der Waals surface area (Å²) in [6.07, 6.45) is 7.38. The summed E-state index contributed by atoms with van der Waals surface area (Å²) < 4.78 is 0. The number of nitrogens with one attached hydrogen (secondary N) is 2. The molecule has 3 aromatic rings. The molecule has 29 heavy (non-hydrogen) atoms. The number of fused-ring (bicyclic) bond motifs is 2. The van der Waals surface area contributed by atoms with Crippen LogP contribution >= 0.6 is 0 Å². The second-order valence-electron chi connectivity index (χ2n) is 7.82. The molecule has 0 spiro atoms. The van der Waals surface area contributed by atoms with Crippen molar-refractivity contribution in [2.24, 2.45) is 0 Å². The average molecular weight is 385 g/mol. The van der Waals surface area contributed by atoms with E-state index in [0.29, 0.717) is 17.7 Å². The molecule has 1 aromatic heterocycles. The maximum Gasteiger partial charge on any atom is 0.256 e. The fraction of sp³-hybridized carbons (Fsp3) is 0.250. The van der Waals surface area contributed by atoms with Gasteiger partial charge in [0, 0.05) is 45.1 Å². The molecule has 0 bridgehead atoms. The quantitative estimate of drug-likeness (QED) is 0.519. The summed E-state index contributed by atoms with van der Waals surface area (Å²) in [5, 5.41) is 3.98. The molecule has 5 rings (SSSR count). The van der Waals surface area contributed by atoms with Crippen molar-refractivity contribution >= 4 is 39.9 Å². The Morgan fingerprint density at radius 2 is 1.90 bits per heavy atom. The van der Waals surface area contributed by atoms with Gasteiger partial charge in [0.2, 0.25) is 0 Å². The number of hydrogen-bond donors (Lipinski definition) is 2. The Bertz CT molecular complexity index is 1140. The van der Waals surface area contributed by atoms with Gasteiger partial charge in [-0.05, 0) is 56.3 Å². The number of para-hydroxylation sites is 1. The molecule has 1 fully saturated rings. The number of likely N-dealkylation sites (tertiary alicyclic amines) is 1. The van der Waals surface area contributed by atoms with E-state index in [2.05, 4.69) is 15.2 Å². The van der Waals surface area contributed by atoms with Crippen molar-refractivity contribution in [3.63, 3.8) is 0 Å². The fourth-order valence-electron chi connectivity index (χ4n) is 4.29. The first-order chi connectivity index (χ1) is 14.2. The Labute approximate surface area is 169 Å². The van der Waals surface area contributed by atoms with Crippen molar-refractivity contribution in [3.05, 3.63) is 65.4 Å². The number of ketones is 1. The van der Waals surface area contributed by atoms with Gasteiger partial charge in [0.05, 0.1) is 6.54 Å². The lowest BCUT2D eigenvalue weighted by molar-refractivity contribution is -0.110. The van der Waals surface area contributed by atoms with Crippen molar-refractivity contribution in [3.8, 4) is 0 Å². The molecule has 5 heteroatoms. The van der Waals surface area contributed by atoms with Gasteiger partial charge >= 0.3 is 0 Å².